The molecular weight excluding hydrogens is 375 g/mol. The summed E-state index contributed by atoms with van der Waals surface area (Å²) < 4.78 is 0. The minimum absolute atomic E-state index is 0. The molecule has 0 spiro atoms. The van der Waals surface area contributed by atoms with Gasteiger partial charge in [-0.15, -0.1) is 24.8 Å². The molecule has 6 nitrogen and oxygen atoms in total. The monoisotopic (exact) mass is 398 g/mol. The zero-order valence-electron chi connectivity index (χ0n) is 14.3. The van der Waals surface area contributed by atoms with E-state index < -0.39 is 0 Å². The number of rotatable bonds is 8. The Balaban J connectivity index is 0.00000169. The first-order valence-electron chi connectivity index (χ1n) is 8.13. The van der Waals surface area contributed by atoms with Crippen LogP contribution in [0.2, 0.25) is 0 Å². The van der Waals surface area contributed by atoms with Crippen molar-refractivity contribution in [1.82, 2.24) is 20.6 Å². The fourth-order valence-electron chi connectivity index (χ4n) is 2.64. The number of halogens is 2. The van der Waals surface area contributed by atoms with Crippen molar-refractivity contribution in [3.8, 4) is 0 Å². The van der Waals surface area contributed by atoms with Gasteiger partial charge in [-0.1, -0.05) is 24.3 Å². The maximum absolute atomic E-state index is 8.86. The smallest absolute Gasteiger partial charge is 0.0968 e. The average Bonchev–Trinajstić information content (AvgIpc) is 2.62. The van der Waals surface area contributed by atoms with Gasteiger partial charge < -0.3 is 20.8 Å². The molecule has 0 aliphatic heterocycles. The molecule has 0 unspecified atom stereocenters. The summed E-state index contributed by atoms with van der Waals surface area (Å²) >= 11 is 0. The summed E-state index contributed by atoms with van der Waals surface area (Å²) in [5, 5.41) is 26.1. The van der Waals surface area contributed by atoms with Crippen molar-refractivity contribution in [2.24, 2.45) is 0 Å². The highest BCUT2D eigenvalue weighted by atomic mass is 35.5. The molecule has 3 rings (SSSR count). The van der Waals surface area contributed by atoms with E-state index in [9.17, 15) is 0 Å². The highest BCUT2D eigenvalue weighted by molar-refractivity contribution is 6.02. The molecule has 0 fully saturated rings. The molecule has 0 atom stereocenters. The lowest BCUT2D eigenvalue weighted by molar-refractivity contribution is 0.291. The number of nitrogens with zero attached hydrogens (tertiary/aromatic N) is 2. The van der Waals surface area contributed by atoms with E-state index in [4.69, 9.17) is 20.2 Å². The molecule has 0 aliphatic carbocycles. The van der Waals surface area contributed by atoms with Gasteiger partial charge in [-0.05, 0) is 12.1 Å². The van der Waals surface area contributed by atoms with Crippen LogP contribution < -0.4 is 10.6 Å². The van der Waals surface area contributed by atoms with Crippen LogP contribution in [0.25, 0.3) is 21.8 Å². The normalized spacial score (nSPS) is 10.5. The Morgan fingerprint density at radius 3 is 1.42 bits per heavy atom. The maximum Gasteiger partial charge on any atom is 0.0968 e. The van der Waals surface area contributed by atoms with Crippen molar-refractivity contribution < 1.29 is 10.2 Å². The molecule has 26 heavy (non-hydrogen) atoms. The van der Waals surface area contributed by atoms with E-state index in [1.54, 1.807) is 0 Å². The third-order valence-electron chi connectivity index (χ3n) is 3.82. The largest absolute Gasteiger partial charge is 0.395 e. The summed E-state index contributed by atoms with van der Waals surface area (Å²) in [7, 11) is 0. The molecule has 0 amide bonds. The van der Waals surface area contributed by atoms with Crippen molar-refractivity contribution in [1.29, 1.82) is 0 Å². The highest BCUT2D eigenvalue weighted by Crippen LogP contribution is 2.23. The lowest BCUT2D eigenvalue weighted by atomic mass is 10.1. The van der Waals surface area contributed by atoms with Crippen LogP contribution in [0.1, 0.15) is 11.4 Å². The highest BCUT2D eigenvalue weighted by Gasteiger charge is 2.06. The lowest BCUT2D eigenvalue weighted by Gasteiger charge is -2.08. The van der Waals surface area contributed by atoms with Gasteiger partial charge in [0.05, 0.1) is 35.6 Å². The van der Waals surface area contributed by atoms with Crippen LogP contribution in [0.5, 0.6) is 0 Å². The summed E-state index contributed by atoms with van der Waals surface area (Å²) in [5.74, 6) is 0. The lowest BCUT2D eigenvalue weighted by Crippen LogP contribution is -2.18. The molecule has 0 radical (unpaired) electrons. The Labute approximate surface area is 164 Å². The van der Waals surface area contributed by atoms with Crippen molar-refractivity contribution in [2.45, 2.75) is 13.1 Å². The van der Waals surface area contributed by atoms with Crippen LogP contribution in [0.15, 0.2) is 36.4 Å². The molecular formula is C18H24Cl2N4O2. The fourth-order valence-corrected chi connectivity index (χ4v) is 2.64. The minimum atomic E-state index is 0. The maximum atomic E-state index is 8.86. The number of aromatic nitrogens is 2. The summed E-state index contributed by atoms with van der Waals surface area (Å²) in [4.78, 5) is 9.49. The van der Waals surface area contributed by atoms with E-state index in [-0.39, 0.29) is 38.0 Å². The summed E-state index contributed by atoms with van der Waals surface area (Å²) in [6, 6.07) is 12.2. The predicted molar refractivity (Wildman–Crippen MR) is 109 cm³/mol. The van der Waals surface area contributed by atoms with Gasteiger partial charge in [-0.2, -0.15) is 0 Å². The number of aliphatic hydroxyl groups excluding tert-OH is 2. The predicted octanol–water partition coefficient (Wildman–Crippen LogP) is 1.79. The van der Waals surface area contributed by atoms with Gasteiger partial charge in [0.1, 0.15) is 0 Å². The molecule has 2 heterocycles. The SMILES string of the molecule is Cl.Cl.OCCNCc1ccc2ccc3ccc(CNCCO)nc3c2n1. The Morgan fingerprint density at radius 2 is 1.04 bits per heavy atom. The Kier molecular flexibility index (Phi) is 9.72. The molecule has 4 N–H and O–H groups in total. The number of fused-ring (bicyclic) bond motifs is 3. The van der Waals surface area contributed by atoms with E-state index >= 15 is 0 Å². The van der Waals surface area contributed by atoms with Gasteiger partial charge in [0.2, 0.25) is 0 Å². The van der Waals surface area contributed by atoms with Crippen molar-refractivity contribution >= 4 is 46.6 Å². The molecule has 0 aliphatic rings. The fraction of sp³-hybridized carbons (Fsp3) is 0.333. The average molecular weight is 399 g/mol. The molecule has 142 valence electrons. The zero-order chi connectivity index (χ0) is 16.8. The second-order valence-electron chi connectivity index (χ2n) is 5.61. The van der Waals surface area contributed by atoms with Gasteiger partial charge in [0.25, 0.3) is 0 Å². The molecule has 0 bridgehead atoms. The van der Waals surface area contributed by atoms with Crippen LogP contribution >= 0.6 is 24.8 Å². The van der Waals surface area contributed by atoms with E-state index in [0.717, 1.165) is 33.2 Å². The van der Waals surface area contributed by atoms with Gasteiger partial charge >= 0.3 is 0 Å². The topological polar surface area (TPSA) is 90.3 Å². The van der Waals surface area contributed by atoms with E-state index in [0.29, 0.717) is 26.2 Å². The molecule has 3 aromatic rings. The number of benzene rings is 1. The second-order valence-corrected chi connectivity index (χ2v) is 5.61. The summed E-state index contributed by atoms with van der Waals surface area (Å²) in [6.07, 6.45) is 0. The van der Waals surface area contributed by atoms with Crippen LogP contribution in [-0.4, -0.2) is 46.5 Å². The number of pyridine rings is 2. The van der Waals surface area contributed by atoms with Gasteiger partial charge in [-0.25, -0.2) is 9.97 Å². The Hall–Kier alpha value is -1.54. The number of hydrogen-bond donors (Lipinski definition) is 4. The molecule has 0 saturated heterocycles. The first-order valence-corrected chi connectivity index (χ1v) is 8.13. The van der Waals surface area contributed by atoms with Crippen LogP contribution in [0.4, 0.5) is 0 Å². The third-order valence-corrected chi connectivity index (χ3v) is 3.82. The van der Waals surface area contributed by atoms with Crippen molar-refractivity contribution in [3.63, 3.8) is 0 Å². The van der Waals surface area contributed by atoms with Gasteiger partial charge in [0.15, 0.2) is 0 Å². The first-order chi connectivity index (χ1) is 11.8. The molecule has 8 heteroatoms. The van der Waals surface area contributed by atoms with Crippen LogP contribution in [-0.2, 0) is 13.1 Å². The zero-order valence-corrected chi connectivity index (χ0v) is 15.9. The Bertz CT molecular complexity index is 764. The number of nitrogens with one attached hydrogen (secondary N) is 2. The van der Waals surface area contributed by atoms with E-state index in [1.165, 1.54) is 0 Å². The molecule has 1 aromatic carbocycles. The number of aliphatic hydroxyl groups is 2. The second kappa shape index (κ2) is 11.2. The van der Waals surface area contributed by atoms with Crippen molar-refractivity contribution in [3.05, 3.63) is 47.8 Å². The van der Waals surface area contributed by atoms with Gasteiger partial charge in [0, 0.05) is 37.0 Å². The summed E-state index contributed by atoms with van der Waals surface area (Å²) in [6.45, 7) is 2.56. The number of hydrogen-bond acceptors (Lipinski definition) is 6. The van der Waals surface area contributed by atoms with Crippen LogP contribution in [0, 0.1) is 0 Å². The standard InChI is InChI=1S/C18H22N4O2.2ClH/c23-9-7-19-11-15-5-3-13-1-2-14-4-6-16(12-20-8-10-24)22-18(14)17(13)21-15;;/h1-6,19-20,23-24H,7-12H2;2*1H. The van der Waals surface area contributed by atoms with Crippen molar-refractivity contribution in [2.75, 3.05) is 26.3 Å². The van der Waals surface area contributed by atoms with E-state index in [1.807, 2.05) is 12.1 Å². The third kappa shape index (κ3) is 5.48. The molecule has 0 saturated carbocycles. The van der Waals surface area contributed by atoms with Gasteiger partial charge in [-0.3, -0.25) is 0 Å². The first kappa shape index (κ1) is 22.5. The minimum Gasteiger partial charge on any atom is -0.395 e. The summed E-state index contributed by atoms with van der Waals surface area (Å²) in [5.41, 5.74) is 3.63. The Morgan fingerprint density at radius 1 is 0.654 bits per heavy atom. The molecule has 2 aromatic heterocycles. The van der Waals surface area contributed by atoms with Crippen LogP contribution in [0.3, 0.4) is 0 Å². The van der Waals surface area contributed by atoms with E-state index in [2.05, 4.69) is 34.9 Å². The quantitative estimate of drug-likeness (QED) is 0.341.